The second-order valence-corrected chi connectivity index (χ2v) is 7.88. The van der Waals surface area contributed by atoms with E-state index in [-0.39, 0.29) is 17.9 Å². The van der Waals surface area contributed by atoms with E-state index < -0.39 is 11.8 Å². The maximum absolute atomic E-state index is 12.7. The topological polar surface area (TPSA) is 69.6 Å². The largest absolute Gasteiger partial charge is 0.509 e. The van der Waals surface area contributed by atoms with Crippen LogP contribution in [0.5, 0.6) is 0 Å². The van der Waals surface area contributed by atoms with E-state index in [1.165, 1.54) is 42.6 Å². The van der Waals surface area contributed by atoms with E-state index in [2.05, 4.69) is 17.4 Å². The normalized spacial score (nSPS) is 17.7. The fraction of sp³-hybridized carbons (Fsp3) is 0.333. The highest BCUT2D eigenvalue weighted by atomic mass is 16.3. The van der Waals surface area contributed by atoms with Crippen LogP contribution in [0.15, 0.2) is 65.9 Å². The van der Waals surface area contributed by atoms with Crippen molar-refractivity contribution in [3.05, 3.63) is 77.1 Å². The summed E-state index contributed by atoms with van der Waals surface area (Å²) in [6, 6.07) is 17.4. The molecule has 2 amide bonds. The maximum atomic E-state index is 12.7. The van der Waals surface area contributed by atoms with E-state index in [1.807, 2.05) is 42.5 Å². The molecular formula is C24H26N2O3. The molecule has 0 radical (unpaired) electrons. The Balaban J connectivity index is 1.40. The third-order valence-electron chi connectivity index (χ3n) is 5.82. The molecule has 1 saturated carbocycles. The lowest BCUT2D eigenvalue weighted by Crippen LogP contribution is -2.30. The van der Waals surface area contributed by atoms with Gasteiger partial charge < -0.3 is 15.3 Å². The molecule has 29 heavy (non-hydrogen) atoms. The second kappa shape index (κ2) is 8.52. The van der Waals surface area contributed by atoms with Gasteiger partial charge in [-0.25, -0.2) is 0 Å². The molecule has 150 valence electrons. The van der Waals surface area contributed by atoms with Crippen LogP contribution in [0.2, 0.25) is 0 Å². The number of benzene rings is 2. The van der Waals surface area contributed by atoms with Crippen LogP contribution in [-0.4, -0.2) is 28.4 Å². The molecule has 0 spiro atoms. The summed E-state index contributed by atoms with van der Waals surface area (Å²) in [6.45, 7) is 0.410. The van der Waals surface area contributed by atoms with E-state index in [1.54, 1.807) is 0 Å². The van der Waals surface area contributed by atoms with Crippen molar-refractivity contribution in [1.29, 1.82) is 0 Å². The van der Waals surface area contributed by atoms with Crippen LogP contribution in [0, 0.1) is 0 Å². The zero-order valence-electron chi connectivity index (χ0n) is 16.4. The second-order valence-electron chi connectivity index (χ2n) is 7.88. The Kier molecular flexibility index (Phi) is 5.65. The van der Waals surface area contributed by atoms with Gasteiger partial charge in [-0.3, -0.25) is 9.59 Å². The number of carbonyl (C=O) groups excluding carboxylic acids is 2. The van der Waals surface area contributed by atoms with Gasteiger partial charge in [0, 0.05) is 12.2 Å². The highest BCUT2D eigenvalue weighted by Gasteiger charge is 2.35. The average molecular weight is 390 g/mol. The Bertz CT molecular complexity index is 913. The van der Waals surface area contributed by atoms with Gasteiger partial charge in [0.2, 0.25) is 0 Å². The summed E-state index contributed by atoms with van der Waals surface area (Å²) in [6.07, 6.45) is 6.31. The number of amides is 2. The lowest BCUT2D eigenvalue weighted by molar-refractivity contribution is -0.128. The first-order chi connectivity index (χ1) is 14.1. The van der Waals surface area contributed by atoms with Gasteiger partial charge >= 0.3 is 0 Å². The van der Waals surface area contributed by atoms with Crippen LogP contribution in [0.3, 0.4) is 0 Å². The first-order valence-electron chi connectivity index (χ1n) is 10.3. The molecule has 0 aromatic heterocycles. The summed E-state index contributed by atoms with van der Waals surface area (Å²) in [7, 11) is 0. The van der Waals surface area contributed by atoms with E-state index in [4.69, 9.17) is 0 Å². The van der Waals surface area contributed by atoms with Crippen molar-refractivity contribution >= 4 is 17.5 Å². The molecule has 1 fully saturated rings. The van der Waals surface area contributed by atoms with Gasteiger partial charge in [-0.2, -0.15) is 0 Å². The van der Waals surface area contributed by atoms with E-state index in [0.29, 0.717) is 18.2 Å². The van der Waals surface area contributed by atoms with E-state index >= 15 is 0 Å². The number of aliphatic hydroxyl groups is 1. The van der Waals surface area contributed by atoms with Crippen molar-refractivity contribution in [3.63, 3.8) is 0 Å². The Labute approximate surface area is 171 Å². The highest BCUT2D eigenvalue weighted by Crippen LogP contribution is 2.33. The van der Waals surface area contributed by atoms with Crippen LogP contribution in [0.1, 0.15) is 49.1 Å². The number of anilines is 1. The molecule has 2 aliphatic rings. The summed E-state index contributed by atoms with van der Waals surface area (Å²) >= 11 is 0. The molecule has 1 heterocycles. The Hall–Kier alpha value is -3.08. The first-order valence-corrected chi connectivity index (χ1v) is 10.3. The molecule has 0 unspecified atom stereocenters. The van der Waals surface area contributed by atoms with Gasteiger partial charge in [-0.15, -0.1) is 0 Å². The van der Waals surface area contributed by atoms with Gasteiger partial charge in [-0.05, 0) is 42.0 Å². The van der Waals surface area contributed by atoms with Gasteiger partial charge in [0.1, 0.15) is 11.3 Å². The first kappa shape index (κ1) is 19.2. The SMILES string of the molecule is O=C(Nc1ccc(C2CCCCC2)cc1)C1=C(O)CN(Cc2ccccc2)C1=O. The van der Waals surface area contributed by atoms with Gasteiger partial charge in [-0.1, -0.05) is 61.7 Å². The quantitative estimate of drug-likeness (QED) is 0.737. The van der Waals surface area contributed by atoms with Crippen LogP contribution >= 0.6 is 0 Å². The molecular weight excluding hydrogens is 364 g/mol. The number of rotatable bonds is 5. The molecule has 5 nitrogen and oxygen atoms in total. The third-order valence-corrected chi connectivity index (χ3v) is 5.82. The maximum Gasteiger partial charge on any atom is 0.264 e. The summed E-state index contributed by atoms with van der Waals surface area (Å²) in [5.41, 5.74) is 2.71. The van der Waals surface area contributed by atoms with Gasteiger partial charge in [0.15, 0.2) is 0 Å². The number of nitrogens with one attached hydrogen (secondary N) is 1. The summed E-state index contributed by atoms with van der Waals surface area (Å²) in [5.74, 6) is -0.582. The molecule has 2 aromatic carbocycles. The summed E-state index contributed by atoms with van der Waals surface area (Å²) in [4.78, 5) is 26.8. The molecule has 5 heteroatoms. The molecule has 1 aliphatic heterocycles. The van der Waals surface area contributed by atoms with Crippen molar-refractivity contribution in [1.82, 2.24) is 4.90 Å². The third kappa shape index (κ3) is 4.34. The van der Waals surface area contributed by atoms with E-state index in [9.17, 15) is 14.7 Å². The summed E-state index contributed by atoms with van der Waals surface area (Å²) < 4.78 is 0. The number of nitrogens with zero attached hydrogens (tertiary/aromatic N) is 1. The smallest absolute Gasteiger partial charge is 0.264 e. The molecule has 2 aromatic rings. The zero-order chi connectivity index (χ0) is 20.2. The predicted octanol–water partition coefficient (Wildman–Crippen LogP) is 4.53. The monoisotopic (exact) mass is 390 g/mol. The van der Waals surface area contributed by atoms with E-state index in [0.717, 1.165) is 5.56 Å². The lowest BCUT2D eigenvalue weighted by Gasteiger charge is -2.22. The van der Waals surface area contributed by atoms with Crippen molar-refractivity contribution in [3.8, 4) is 0 Å². The Morgan fingerprint density at radius 3 is 2.38 bits per heavy atom. The van der Waals surface area contributed by atoms with Crippen molar-refractivity contribution in [2.45, 2.75) is 44.6 Å². The minimum atomic E-state index is -0.562. The highest BCUT2D eigenvalue weighted by molar-refractivity contribution is 6.24. The minimum Gasteiger partial charge on any atom is -0.509 e. The fourth-order valence-electron chi connectivity index (χ4n) is 4.24. The molecule has 0 saturated heterocycles. The number of hydrogen-bond acceptors (Lipinski definition) is 3. The summed E-state index contributed by atoms with van der Waals surface area (Å²) in [5, 5.41) is 13.0. The van der Waals surface area contributed by atoms with Crippen molar-refractivity contribution in [2.75, 3.05) is 11.9 Å². The van der Waals surface area contributed by atoms with Crippen molar-refractivity contribution < 1.29 is 14.7 Å². The minimum absolute atomic E-state index is 0.0527. The predicted molar refractivity (Wildman–Crippen MR) is 112 cm³/mol. The number of hydrogen-bond donors (Lipinski definition) is 2. The molecule has 1 aliphatic carbocycles. The lowest BCUT2D eigenvalue weighted by atomic mass is 9.84. The molecule has 4 rings (SSSR count). The number of aliphatic hydroxyl groups excluding tert-OH is 1. The van der Waals surface area contributed by atoms with Crippen LogP contribution in [0.4, 0.5) is 5.69 Å². The Morgan fingerprint density at radius 2 is 1.69 bits per heavy atom. The van der Waals surface area contributed by atoms with Crippen LogP contribution < -0.4 is 5.32 Å². The van der Waals surface area contributed by atoms with Gasteiger partial charge in [0.05, 0.1) is 6.54 Å². The van der Waals surface area contributed by atoms with Crippen molar-refractivity contribution in [2.24, 2.45) is 0 Å². The van der Waals surface area contributed by atoms with Crippen LogP contribution in [0.25, 0.3) is 0 Å². The molecule has 0 bridgehead atoms. The standard InChI is InChI=1S/C24H26N2O3/c27-21-16-26(15-17-7-3-1-4-8-17)24(29)22(21)23(28)25-20-13-11-19(12-14-20)18-9-5-2-6-10-18/h1,3-4,7-8,11-14,18,27H,2,5-6,9-10,15-16H2,(H,25,28). The fourth-order valence-corrected chi connectivity index (χ4v) is 4.24. The number of carbonyl (C=O) groups is 2. The van der Waals surface area contributed by atoms with Gasteiger partial charge in [0.25, 0.3) is 11.8 Å². The average Bonchev–Trinajstić information content (AvgIpc) is 3.03. The molecule has 0 atom stereocenters. The molecule has 2 N–H and O–H groups in total. The Morgan fingerprint density at radius 1 is 1.00 bits per heavy atom. The zero-order valence-corrected chi connectivity index (χ0v) is 16.4. The van der Waals surface area contributed by atoms with Crippen LogP contribution in [-0.2, 0) is 16.1 Å².